The molecule has 0 aliphatic carbocycles. The van der Waals surface area contributed by atoms with E-state index in [0.29, 0.717) is 0 Å². The molecule has 0 bridgehead atoms. The summed E-state index contributed by atoms with van der Waals surface area (Å²) in [4.78, 5) is 11.5. The standard InChI is InChI=1S/C7H12N4O3S2/c1-4(3-16(2,13)14)9-5(12)6-10-11-7(8)15-6/h4H,3H2,1-2H3,(H2,8,11)(H,9,12). The van der Waals surface area contributed by atoms with Crippen molar-refractivity contribution in [2.75, 3.05) is 17.7 Å². The maximum absolute atomic E-state index is 11.5. The molecule has 1 amide bonds. The van der Waals surface area contributed by atoms with Crippen LogP contribution in [0, 0.1) is 0 Å². The molecule has 0 spiro atoms. The van der Waals surface area contributed by atoms with Gasteiger partial charge in [0.25, 0.3) is 5.91 Å². The van der Waals surface area contributed by atoms with E-state index in [4.69, 9.17) is 5.73 Å². The first-order chi connectivity index (χ1) is 7.28. The van der Waals surface area contributed by atoms with Gasteiger partial charge in [-0.15, -0.1) is 10.2 Å². The van der Waals surface area contributed by atoms with Crippen LogP contribution in [0.5, 0.6) is 0 Å². The molecule has 1 unspecified atom stereocenters. The number of nitrogens with zero attached hydrogens (tertiary/aromatic N) is 2. The van der Waals surface area contributed by atoms with Crippen molar-refractivity contribution in [1.82, 2.24) is 15.5 Å². The number of carbonyl (C=O) groups excluding carboxylic acids is 1. The lowest BCUT2D eigenvalue weighted by atomic mass is 10.4. The highest BCUT2D eigenvalue weighted by Crippen LogP contribution is 2.10. The molecule has 1 heterocycles. The molecule has 1 aromatic rings. The van der Waals surface area contributed by atoms with Crippen molar-refractivity contribution in [2.24, 2.45) is 0 Å². The van der Waals surface area contributed by atoms with Crippen molar-refractivity contribution in [3.8, 4) is 0 Å². The van der Waals surface area contributed by atoms with Crippen molar-refractivity contribution in [3.05, 3.63) is 5.01 Å². The molecule has 0 radical (unpaired) electrons. The summed E-state index contributed by atoms with van der Waals surface area (Å²) in [6.45, 7) is 1.60. The number of aromatic nitrogens is 2. The molecular weight excluding hydrogens is 252 g/mol. The molecule has 16 heavy (non-hydrogen) atoms. The molecule has 7 nitrogen and oxygen atoms in total. The van der Waals surface area contributed by atoms with E-state index in [1.165, 1.54) is 0 Å². The fourth-order valence-corrected chi connectivity index (χ4v) is 2.61. The van der Waals surface area contributed by atoms with Gasteiger partial charge in [-0.05, 0) is 6.92 Å². The topological polar surface area (TPSA) is 115 Å². The van der Waals surface area contributed by atoms with E-state index < -0.39 is 21.8 Å². The predicted molar refractivity (Wildman–Crippen MR) is 61.0 cm³/mol. The molecule has 0 aliphatic heterocycles. The first-order valence-corrected chi connectivity index (χ1v) is 7.23. The molecule has 90 valence electrons. The second-order valence-corrected chi connectivity index (χ2v) is 6.61. The van der Waals surface area contributed by atoms with Crippen LogP contribution in [0.3, 0.4) is 0 Å². The maximum Gasteiger partial charge on any atom is 0.282 e. The maximum atomic E-state index is 11.5. The van der Waals surface area contributed by atoms with E-state index in [1.807, 2.05) is 0 Å². The molecule has 3 N–H and O–H groups in total. The van der Waals surface area contributed by atoms with Gasteiger partial charge in [-0.1, -0.05) is 11.3 Å². The third kappa shape index (κ3) is 4.11. The predicted octanol–water partition coefficient (Wildman–Crippen LogP) is -0.717. The number of nitrogens with one attached hydrogen (secondary N) is 1. The van der Waals surface area contributed by atoms with Crippen LogP contribution in [0.1, 0.15) is 16.7 Å². The van der Waals surface area contributed by atoms with Crippen molar-refractivity contribution < 1.29 is 13.2 Å². The SMILES string of the molecule is CC(CS(C)(=O)=O)NC(=O)c1nnc(N)s1. The number of anilines is 1. The molecule has 1 rings (SSSR count). The minimum atomic E-state index is -3.12. The Balaban J connectivity index is 2.58. The largest absolute Gasteiger partial charge is 0.374 e. The van der Waals surface area contributed by atoms with Gasteiger partial charge in [0.1, 0.15) is 9.84 Å². The molecule has 1 aromatic heterocycles. The Hall–Kier alpha value is -1.22. The molecule has 0 saturated heterocycles. The van der Waals surface area contributed by atoms with E-state index in [2.05, 4.69) is 15.5 Å². The van der Waals surface area contributed by atoms with Crippen LogP contribution in [-0.2, 0) is 9.84 Å². The van der Waals surface area contributed by atoms with E-state index in [-0.39, 0.29) is 15.9 Å². The minimum absolute atomic E-state index is 0.118. The normalized spacial score (nSPS) is 13.4. The summed E-state index contributed by atoms with van der Waals surface area (Å²) in [5.74, 6) is -0.585. The fourth-order valence-electron chi connectivity index (χ4n) is 1.11. The Bertz CT molecular complexity index is 482. The second-order valence-electron chi connectivity index (χ2n) is 3.41. The van der Waals surface area contributed by atoms with Crippen LogP contribution in [0.15, 0.2) is 0 Å². The first kappa shape index (κ1) is 12.8. The van der Waals surface area contributed by atoms with Crippen molar-refractivity contribution in [2.45, 2.75) is 13.0 Å². The monoisotopic (exact) mass is 264 g/mol. The van der Waals surface area contributed by atoms with E-state index in [9.17, 15) is 13.2 Å². The van der Waals surface area contributed by atoms with Crippen molar-refractivity contribution in [3.63, 3.8) is 0 Å². The number of carbonyl (C=O) groups is 1. The number of nitrogen functional groups attached to an aromatic ring is 1. The summed E-state index contributed by atoms with van der Waals surface area (Å²) in [6.07, 6.45) is 1.11. The third-order valence-electron chi connectivity index (χ3n) is 1.57. The smallest absolute Gasteiger partial charge is 0.282 e. The van der Waals surface area contributed by atoms with Gasteiger partial charge in [0.05, 0.1) is 5.75 Å². The molecule has 0 aliphatic rings. The number of rotatable bonds is 4. The van der Waals surface area contributed by atoms with Gasteiger partial charge in [-0.25, -0.2) is 8.42 Å². The first-order valence-electron chi connectivity index (χ1n) is 4.35. The molecule has 1 atom stereocenters. The minimum Gasteiger partial charge on any atom is -0.374 e. The summed E-state index contributed by atoms with van der Waals surface area (Å²) in [5.41, 5.74) is 5.32. The zero-order valence-electron chi connectivity index (χ0n) is 8.80. The quantitative estimate of drug-likeness (QED) is 0.741. The van der Waals surface area contributed by atoms with Crippen LogP contribution < -0.4 is 11.1 Å². The number of amides is 1. The van der Waals surface area contributed by atoms with Gasteiger partial charge in [-0.3, -0.25) is 4.79 Å². The summed E-state index contributed by atoms with van der Waals surface area (Å²) < 4.78 is 21.9. The highest BCUT2D eigenvalue weighted by atomic mass is 32.2. The lowest BCUT2D eigenvalue weighted by molar-refractivity contribution is 0.0942. The van der Waals surface area contributed by atoms with Crippen LogP contribution in [0.25, 0.3) is 0 Å². The van der Waals surface area contributed by atoms with Crippen molar-refractivity contribution >= 4 is 32.2 Å². The van der Waals surface area contributed by atoms with Gasteiger partial charge < -0.3 is 11.1 Å². The number of nitrogens with two attached hydrogens (primary N) is 1. The van der Waals surface area contributed by atoms with Crippen LogP contribution in [0.4, 0.5) is 5.13 Å². The van der Waals surface area contributed by atoms with Gasteiger partial charge in [0.15, 0.2) is 0 Å². The average Bonchev–Trinajstić information content (AvgIpc) is 2.47. The zero-order valence-corrected chi connectivity index (χ0v) is 10.4. The Morgan fingerprint density at radius 1 is 1.56 bits per heavy atom. The third-order valence-corrected chi connectivity index (χ3v) is 3.42. The van der Waals surface area contributed by atoms with Crippen molar-refractivity contribution in [1.29, 1.82) is 0 Å². The van der Waals surface area contributed by atoms with Crippen LogP contribution >= 0.6 is 11.3 Å². The van der Waals surface area contributed by atoms with Gasteiger partial charge in [-0.2, -0.15) is 0 Å². The highest BCUT2D eigenvalue weighted by molar-refractivity contribution is 7.90. The Labute approximate surface area is 97.0 Å². The summed E-state index contributed by atoms with van der Waals surface area (Å²) >= 11 is 0.950. The number of sulfone groups is 1. The van der Waals surface area contributed by atoms with Gasteiger partial charge in [0.2, 0.25) is 10.1 Å². The Kier molecular flexibility index (Phi) is 3.81. The van der Waals surface area contributed by atoms with E-state index in [1.54, 1.807) is 6.92 Å². The molecule has 0 aromatic carbocycles. The Morgan fingerprint density at radius 2 is 2.19 bits per heavy atom. The van der Waals surface area contributed by atoms with Gasteiger partial charge >= 0.3 is 0 Å². The molecule has 9 heteroatoms. The average molecular weight is 264 g/mol. The van der Waals surface area contributed by atoms with E-state index >= 15 is 0 Å². The highest BCUT2D eigenvalue weighted by Gasteiger charge is 2.17. The lowest BCUT2D eigenvalue weighted by Gasteiger charge is -2.10. The van der Waals surface area contributed by atoms with Crippen LogP contribution in [0.2, 0.25) is 0 Å². The van der Waals surface area contributed by atoms with Gasteiger partial charge in [0, 0.05) is 12.3 Å². The summed E-state index contributed by atoms with van der Waals surface area (Å²) in [7, 11) is -3.12. The Morgan fingerprint density at radius 3 is 2.62 bits per heavy atom. The van der Waals surface area contributed by atoms with Crippen LogP contribution in [-0.4, -0.2) is 42.6 Å². The zero-order chi connectivity index (χ0) is 12.3. The second kappa shape index (κ2) is 4.74. The summed E-state index contributed by atoms with van der Waals surface area (Å²) in [6, 6.07) is -0.479. The summed E-state index contributed by atoms with van der Waals surface area (Å²) in [5, 5.41) is 9.85. The number of hydrogen-bond acceptors (Lipinski definition) is 7. The molecule has 0 saturated carbocycles. The van der Waals surface area contributed by atoms with E-state index in [0.717, 1.165) is 17.6 Å². The molecule has 0 fully saturated rings. The lowest BCUT2D eigenvalue weighted by Crippen LogP contribution is -2.37. The fraction of sp³-hybridized carbons (Fsp3) is 0.571. The number of hydrogen-bond donors (Lipinski definition) is 2. The molecular formula is C7H12N4O3S2.